The molecular formula is C19H17N5O2. The SMILES string of the molecule is N#CCc1cnc2c(N3CCOCC3)nc(-c3cccc(O)c3)nc2c1. The minimum Gasteiger partial charge on any atom is -0.508 e. The van der Waals surface area contributed by atoms with Crippen LogP contribution in [0.25, 0.3) is 22.4 Å². The summed E-state index contributed by atoms with van der Waals surface area (Å²) in [6.45, 7) is 2.74. The van der Waals surface area contributed by atoms with E-state index in [1.165, 1.54) is 0 Å². The smallest absolute Gasteiger partial charge is 0.162 e. The van der Waals surface area contributed by atoms with Crippen LogP contribution in [-0.4, -0.2) is 46.4 Å². The molecule has 1 fully saturated rings. The van der Waals surface area contributed by atoms with Gasteiger partial charge >= 0.3 is 0 Å². The zero-order chi connectivity index (χ0) is 17.9. The quantitative estimate of drug-likeness (QED) is 0.776. The van der Waals surface area contributed by atoms with Crippen LogP contribution in [0.15, 0.2) is 36.5 Å². The Bertz CT molecular complexity index is 993. The molecule has 130 valence electrons. The van der Waals surface area contributed by atoms with Gasteiger partial charge in [-0.2, -0.15) is 5.26 Å². The van der Waals surface area contributed by atoms with Crippen molar-refractivity contribution in [3.05, 3.63) is 42.1 Å². The monoisotopic (exact) mass is 347 g/mol. The number of ether oxygens (including phenoxy) is 1. The largest absolute Gasteiger partial charge is 0.508 e. The minimum absolute atomic E-state index is 0.162. The van der Waals surface area contributed by atoms with Crippen molar-refractivity contribution < 1.29 is 9.84 Å². The van der Waals surface area contributed by atoms with Gasteiger partial charge in [0.25, 0.3) is 0 Å². The predicted octanol–water partition coefficient (Wildman–Crippen LogP) is 2.30. The molecule has 3 heterocycles. The molecular weight excluding hydrogens is 330 g/mol. The highest BCUT2D eigenvalue weighted by atomic mass is 16.5. The maximum absolute atomic E-state index is 9.79. The molecule has 1 N–H and O–H groups in total. The maximum atomic E-state index is 9.79. The molecule has 4 rings (SSSR count). The third-order valence-electron chi connectivity index (χ3n) is 4.27. The van der Waals surface area contributed by atoms with Crippen LogP contribution < -0.4 is 4.90 Å². The third-order valence-corrected chi connectivity index (χ3v) is 4.27. The number of fused-ring (bicyclic) bond motifs is 1. The number of anilines is 1. The first kappa shape index (κ1) is 16.2. The van der Waals surface area contributed by atoms with Gasteiger partial charge in [0.15, 0.2) is 11.6 Å². The maximum Gasteiger partial charge on any atom is 0.162 e. The van der Waals surface area contributed by atoms with Crippen molar-refractivity contribution in [3.63, 3.8) is 0 Å². The predicted molar refractivity (Wildman–Crippen MR) is 96.8 cm³/mol. The molecule has 2 aromatic heterocycles. The summed E-state index contributed by atoms with van der Waals surface area (Å²) < 4.78 is 5.44. The van der Waals surface area contributed by atoms with Gasteiger partial charge in [-0.15, -0.1) is 0 Å². The first-order valence-electron chi connectivity index (χ1n) is 8.40. The van der Waals surface area contributed by atoms with Gasteiger partial charge < -0.3 is 14.7 Å². The summed E-state index contributed by atoms with van der Waals surface area (Å²) in [6, 6.07) is 10.9. The minimum atomic E-state index is 0.162. The molecule has 1 aromatic carbocycles. The second-order valence-corrected chi connectivity index (χ2v) is 6.07. The van der Waals surface area contributed by atoms with Crippen LogP contribution in [0.4, 0.5) is 5.82 Å². The summed E-state index contributed by atoms with van der Waals surface area (Å²) in [5.74, 6) is 1.43. The fourth-order valence-corrected chi connectivity index (χ4v) is 3.00. The van der Waals surface area contributed by atoms with Crippen LogP contribution >= 0.6 is 0 Å². The first-order valence-corrected chi connectivity index (χ1v) is 8.40. The molecule has 7 nitrogen and oxygen atoms in total. The highest BCUT2D eigenvalue weighted by Gasteiger charge is 2.19. The first-order chi connectivity index (χ1) is 12.7. The lowest BCUT2D eigenvalue weighted by Crippen LogP contribution is -2.37. The Morgan fingerprint density at radius 2 is 2.04 bits per heavy atom. The number of aromatic nitrogens is 3. The van der Waals surface area contributed by atoms with E-state index in [-0.39, 0.29) is 12.2 Å². The lowest BCUT2D eigenvalue weighted by molar-refractivity contribution is 0.122. The molecule has 3 aromatic rings. The number of nitrogens with zero attached hydrogens (tertiary/aromatic N) is 5. The van der Waals surface area contributed by atoms with Gasteiger partial charge in [0.1, 0.15) is 11.3 Å². The number of hydrogen-bond donors (Lipinski definition) is 1. The fourth-order valence-electron chi connectivity index (χ4n) is 3.00. The van der Waals surface area contributed by atoms with Crippen LogP contribution in [0.1, 0.15) is 5.56 Å². The molecule has 7 heteroatoms. The van der Waals surface area contributed by atoms with Crippen molar-refractivity contribution in [3.8, 4) is 23.2 Å². The lowest BCUT2D eigenvalue weighted by Gasteiger charge is -2.28. The molecule has 0 aliphatic carbocycles. The van der Waals surface area contributed by atoms with Crippen LogP contribution in [0.5, 0.6) is 5.75 Å². The number of aromatic hydroxyl groups is 1. The fraction of sp³-hybridized carbons (Fsp3) is 0.263. The average Bonchev–Trinajstić information content (AvgIpc) is 2.68. The Morgan fingerprint density at radius 1 is 1.19 bits per heavy atom. The van der Waals surface area contributed by atoms with Crippen molar-refractivity contribution >= 4 is 16.9 Å². The molecule has 1 aliphatic heterocycles. The van der Waals surface area contributed by atoms with E-state index in [2.05, 4.69) is 20.9 Å². The highest BCUT2D eigenvalue weighted by Crippen LogP contribution is 2.28. The molecule has 1 aliphatic rings. The van der Waals surface area contributed by atoms with Crippen LogP contribution in [-0.2, 0) is 11.2 Å². The van der Waals surface area contributed by atoms with E-state index >= 15 is 0 Å². The number of nitriles is 1. The van der Waals surface area contributed by atoms with Crippen LogP contribution in [0, 0.1) is 11.3 Å². The Hall–Kier alpha value is -3.24. The number of phenolic OH excluding ortho intramolecular Hbond substituents is 1. The molecule has 1 saturated heterocycles. The summed E-state index contributed by atoms with van der Waals surface area (Å²) in [6.07, 6.45) is 1.98. The van der Waals surface area contributed by atoms with E-state index in [1.54, 1.807) is 24.4 Å². The number of pyridine rings is 1. The number of morpholine rings is 1. The van der Waals surface area contributed by atoms with Crippen LogP contribution in [0.3, 0.4) is 0 Å². The van der Waals surface area contributed by atoms with Gasteiger partial charge in [-0.25, -0.2) is 9.97 Å². The lowest BCUT2D eigenvalue weighted by atomic mass is 10.1. The molecule has 0 spiro atoms. The number of phenols is 1. The molecule has 26 heavy (non-hydrogen) atoms. The van der Waals surface area contributed by atoms with Gasteiger partial charge in [0.2, 0.25) is 0 Å². The molecule has 0 amide bonds. The molecule has 0 saturated carbocycles. The van der Waals surface area contributed by atoms with Gasteiger partial charge in [0, 0.05) is 24.8 Å². The summed E-state index contributed by atoms with van der Waals surface area (Å²) in [5.41, 5.74) is 2.94. The standard InChI is InChI=1S/C19H17N5O2/c20-5-4-13-10-16-17(21-12-13)19(24-6-8-26-9-7-24)23-18(22-16)14-2-1-3-15(25)11-14/h1-3,10-12,25H,4,6-9H2. The van der Waals surface area contributed by atoms with Gasteiger partial charge in [-0.1, -0.05) is 12.1 Å². The Balaban J connectivity index is 1.90. The summed E-state index contributed by atoms with van der Waals surface area (Å²) in [5, 5.41) is 18.7. The zero-order valence-electron chi connectivity index (χ0n) is 14.1. The van der Waals surface area contributed by atoms with Crippen LogP contribution in [0.2, 0.25) is 0 Å². The highest BCUT2D eigenvalue weighted by molar-refractivity contribution is 5.88. The Morgan fingerprint density at radius 3 is 2.81 bits per heavy atom. The Labute approximate surface area is 150 Å². The topological polar surface area (TPSA) is 95.2 Å². The average molecular weight is 347 g/mol. The summed E-state index contributed by atoms with van der Waals surface area (Å²) >= 11 is 0. The van der Waals surface area contributed by atoms with E-state index in [0.717, 1.165) is 30.0 Å². The zero-order valence-corrected chi connectivity index (χ0v) is 14.1. The second-order valence-electron chi connectivity index (χ2n) is 6.07. The van der Waals surface area contributed by atoms with Gasteiger partial charge in [-0.3, -0.25) is 4.98 Å². The third kappa shape index (κ3) is 3.15. The normalized spacial score (nSPS) is 14.3. The molecule has 0 atom stereocenters. The van der Waals surface area contributed by atoms with E-state index < -0.39 is 0 Å². The van der Waals surface area contributed by atoms with E-state index in [1.807, 2.05) is 12.1 Å². The van der Waals surface area contributed by atoms with Gasteiger partial charge in [-0.05, 0) is 23.8 Å². The summed E-state index contributed by atoms with van der Waals surface area (Å²) in [4.78, 5) is 16.0. The van der Waals surface area contributed by atoms with Crippen molar-refractivity contribution in [1.82, 2.24) is 15.0 Å². The number of benzene rings is 1. The molecule has 0 bridgehead atoms. The van der Waals surface area contributed by atoms with Crippen molar-refractivity contribution in [1.29, 1.82) is 5.26 Å². The van der Waals surface area contributed by atoms with E-state index in [9.17, 15) is 5.11 Å². The Kier molecular flexibility index (Phi) is 4.33. The second kappa shape index (κ2) is 6.94. The van der Waals surface area contributed by atoms with Crippen molar-refractivity contribution in [2.45, 2.75) is 6.42 Å². The molecule has 0 unspecified atom stereocenters. The summed E-state index contributed by atoms with van der Waals surface area (Å²) in [7, 11) is 0. The van der Waals surface area contributed by atoms with Crippen molar-refractivity contribution in [2.75, 3.05) is 31.2 Å². The van der Waals surface area contributed by atoms with Gasteiger partial charge in [0.05, 0.1) is 31.2 Å². The van der Waals surface area contributed by atoms with E-state index in [0.29, 0.717) is 30.1 Å². The van der Waals surface area contributed by atoms with E-state index in [4.69, 9.17) is 15.0 Å². The number of rotatable bonds is 3. The van der Waals surface area contributed by atoms with Crippen molar-refractivity contribution in [2.24, 2.45) is 0 Å². The molecule has 0 radical (unpaired) electrons. The number of hydrogen-bond acceptors (Lipinski definition) is 7.